The number of sulfone groups is 1. The van der Waals surface area contributed by atoms with Crippen LogP contribution in [0, 0.1) is 0 Å². The van der Waals surface area contributed by atoms with Gasteiger partial charge in [-0.2, -0.15) is 4.98 Å². The van der Waals surface area contributed by atoms with Crippen molar-refractivity contribution in [1.29, 1.82) is 0 Å². The molecule has 0 radical (unpaired) electrons. The van der Waals surface area contributed by atoms with Gasteiger partial charge >= 0.3 is 0 Å². The molecule has 0 aliphatic carbocycles. The Morgan fingerprint density at radius 3 is 2.94 bits per heavy atom. The van der Waals surface area contributed by atoms with Crippen LogP contribution in [0.15, 0.2) is 10.7 Å². The van der Waals surface area contributed by atoms with Gasteiger partial charge in [0, 0.05) is 19.6 Å². The minimum Gasteiger partial charge on any atom is -0.432 e. The van der Waals surface area contributed by atoms with Gasteiger partial charge < -0.3 is 15.1 Å². The number of nitrogens with two attached hydrogens (primary N) is 1. The van der Waals surface area contributed by atoms with Crippen LogP contribution >= 0.6 is 0 Å². The van der Waals surface area contributed by atoms with Gasteiger partial charge in [-0.25, -0.2) is 8.42 Å². The number of aromatic nitrogens is 1. The summed E-state index contributed by atoms with van der Waals surface area (Å²) in [4.78, 5) is 6.03. The number of anilines is 1. The molecule has 90 valence electrons. The molecule has 0 amide bonds. The fraction of sp³-hybridized carbons (Fsp3) is 0.667. The lowest BCUT2D eigenvalue weighted by atomic mass is 10.4. The Labute approximate surface area is 94.4 Å². The summed E-state index contributed by atoms with van der Waals surface area (Å²) in [6, 6.07) is 0.470. The van der Waals surface area contributed by atoms with Gasteiger partial charge in [0.2, 0.25) is 0 Å². The van der Waals surface area contributed by atoms with Gasteiger partial charge in [0.15, 0.2) is 9.84 Å². The monoisotopic (exact) mass is 245 g/mol. The van der Waals surface area contributed by atoms with Crippen molar-refractivity contribution in [3.63, 3.8) is 0 Å². The molecule has 2 heterocycles. The van der Waals surface area contributed by atoms with E-state index in [0.717, 1.165) is 0 Å². The molecule has 2 rings (SSSR count). The maximum Gasteiger partial charge on any atom is 0.297 e. The average molecular weight is 245 g/mol. The Bertz CT molecular complexity index is 454. The highest BCUT2D eigenvalue weighted by Crippen LogP contribution is 2.16. The molecule has 1 aromatic heterocycles. The highest BCUT2D eigenvalue weighted by molar-refractivity contribution is 7.91. The first-order valence-electron chi connectivity index (χ1n) is 5.20. The third-order valence-corrected chi connectivity index (χ3v) is 4.29. The molecular formula is C9H15N3O3S. The molecule has 0 aromatic carbocycles. The first-order chi connectivity index (χ1) is 7.61. The standard InChI is InChI=1S/C9H15N3O3S/c10-6-8-7-15-9(11-8)12-2-1-4-16(13,14)5-3-12/h7H,1-6,10H2. The van der Waals surface area contributed by atoms with Gasteiger partial charge in [-0.1, -0.05) is 0 Å². The molecule has 1 fully saturated rings. The summed E-state index contributed by atoms with van der Waals surface area (Å²) in [5.74, 6) is 0.404. The SMILES string of the molecule is NCc1coc(N2CCCS(=O)(=O)CC2)n1. The smallest absolute Gasteiger partial charge is 0.297 e. The first kappa shape index (κ1) is 11.4. The van der Waals surface area contributed by atoms with Crippen LogP contribution in [0.5, 0.6) is 0 Å². The second-order valence-electron chi connectivity index (χ2n) is 3.82. The molecule has 1 aliphatic heterocycles. The van der Waals surface area contributed by atoms with Crippen molar-refractivity contribution in [3.05, 3.63) is 12.0 Å². The van der Waals surface area contributed by atoms with Crippen LogP contribution in [0.2, 0.25) is 0 Å². The zero-order valence-electron chi connectivity index (χ0n) is 8.92. The molecule has 0 bridgehead atoms. The van der Waals surface area contributed by atoms with Gasteiger partial charge in [0.05, 0.1) is 17.2 Å². The molecule has 7 heteroatoms. The number of rotatable bonds is 2. The summed E-state index contributed by atoms with van der Waals surface area (Å²) in [5, 5.41) is 0. The Balaban J connectivity index is 2.10. The van der Waals surface area contributed by atoms with Gasteiger partial charge in [-0.05, 0) is 6.42 Å². The third-order valence-electron chi connectivity index (χ3n) is 2.57. The predicted molar refractivity (Wildman–Crippen MR) is 59.9 cm³/mol. The van der Waals surface area contributed by atoms with E-state index < -0.39 is 9.84 Å². The highest BCUT2D eigenvalue weighted by Gasteiger charge is 2.21. The van der Waals surface area contributed by atoms with Crippen molar-refractivity contribution in [1.82, 2.24) is 4.98 Å². The topological polar surface area (TPSA) is 89.4 Å². The van der Waals surface area contributed by atoms with Gasteiger partial charge in [-0.3, -0.25) is 0 Å². The quantitative estimate of drug-likeness (QED) is 0.773. The lowest BCUT2D eigenvalue weighted by molar-refractivity contribution is 0.536. The highest BCUT2D eigenvalue weighted by atomic mass is 32.2. The van der Waals surface area contributed by atoms with Crippen molar-refractivity contribution in [2.45, 2.75) is 13.0 Å². The maximum absolute atomic E-state index is 11.4. The Hall–Kier alpha value is -1.08. The van der Waals surface area contributed by atoms with Crippen LogP contribution in [0.25, 0.3) is 0 Å². The molecule has 0 spiro atoms. The van der Waals surface area contributed by atoms with E-state index in [0.29, 0.717) is 37.8 Å². The molecule has 0 unspecified atom stereocenters. The minimum absolute atomic E-state index is 0.160. The number of hydrogen-bond donors (Lipinski definition) is 1. The summed E-state index contributed by atoms with van der Waals surface area (Å²) in [6.45, 7) is 1.42. The van der Waals surface area contributed by atoms with Crippen LogP contribution < -0.4 is 10.6 Å². The summed E-state index contributed by atoms with van der Waals surface area (Å²) in [6.07, 6.45) is 2.12. The first-order valence-corrected chi connectivity index (χ1v) is 7.03. The number of hydrogen-bond acceptors (Lipinski definition) is 6. The van der Waals surface area contributed by atoms with Crippen LogP contribution in [0.1, 0.15) is 12.1 Å². The molecule has 1 aromatic rings. The molecule has 6 nitrogen and oxygen atoms in total. The fourth-order valence-corrected chi connectivity index (χ4v) is 2.94. The molecule has 0 atom stereocenters. The molecule has 0 saturated carbocycles. The van der Waals surface area contributed by atoms with Gasteiger partial charge in [0.25, 0.3) is 6.01 Å². The van der Waals surface area contributed by atoms with Crippen molar-refractivity contribution >= 4 is 15.9 Å². The minimum atomic E-state index is -2.89. The molecule has 16 heavy (non-hydrogen) atoms. The normalized spacial score (nSPS) is 20.7. The molecule has 1 saturated heterocycles. The van der Waals surface area contributed by atoms with E-state index in [-0.39, 0.29) is 11.5 Å². The maximum atomic E-state index is 11.4. The van der Waals surface area contributed by atoms with E-state index in [1.54, 1.807) is 0 Å². The van der Waals surface area contributed by atoms with E-state index in [2.05, 4.69) is 4.98 Å². The summed E-state index contributed by atoms with van der Waals surface area (Å²) in [7, 11) is -2.89. The van der Waals surface area contributed by atoms with Crippen LogP contribution in [-0.4, -0.2) is 38.0 Å². The summed E-state index contributed by atoms with van der Waals surface area (Å²) < 4.78 is 28.1. The van der Waals surface area contributed by atoms with Crippen molar-refractivity contribution in [2.75, 3.05) is 29.5 Å². The van der Waals surface area contributed by atoms with E-state index >= 15 is 0 Å². The van der Waals surface area contributed by atoms with Gasteiger partial charge in [-0.15, -0.1) is 0 Å². The second kappa shape index (κ2) is 4.42. The zero-order valence-corrected chi connectivity index (χ0v) is 9.74. The Morgan fingerprint density at radius 2 is 2.25 bits per heavy atom. The Kier molecular flexibility index (Phi) is 3.15. The second-order valence-corrected chi connectivity index (χ2v) is 6.12. The third kappa shape index (κ3) is 2.53. The lowest BCUT2D eigenvalue weighted by Crippen LogP contribution is -2.27. The molecular weight excluding hydrogens is 230 g/mol. The van der Waals surface area contributed by atoms with E-state index in [9.17, 15) is 8.42 Å². The van der Waals surface area contributed by atoms with Crippen molar-refractivity contribution < 1.29 is 12.8 Å². The van der Waals surface area contributed by atoms with E-state index in [4.69, 9.17) is 10.2 Å². The van der Waals surface area contributed by atoms with Crippen LogP contribution in [0.3, 0.4) is 0 Å². The lowest BCUT2D eigenvalue weighted by Gasteiger charge is -2.16. The zero-order chi connectivity index (χ0) is 11.6. The van der Waals surface area contributed by atoms with Crippen LogP contribution in [-0.2, 0) is 16.4 Å². The van der Waals surface area contributed by atoms with Gasteiger partial charge in [0.1, 0.15) is 6.26 Å². The van der Waals surface area contributed by atoms with Crippen molar-refractivity contribution in [3.8, 4) is 0 Å². The number of oxazole rings is 1. The molecule has 2 N–H and O–H groups in total. The average Bonchev–Trinajstić information content (AvgIpc) is 2.64. The van der Waals surface area contributed by atoms with Crippen molar-refractivity contribution in [2.24, 2.45) is 5.73 Å². The fourth-order valence-electron chi connectivity index (χ4n) is 1.67. The van der Waals surface area contributed by atoms with E-state index in [1.807, 2.05) is 4.90 Å². The number of nitrogens with zero attached hydrogens (tertiary/aromatic N) is 2. The largest absolute Gasteiger partial charge is 0.432 e. The summed E-state index contributed by atoms with van der Waals surface area (Å²) >= 11 is 0. The Morgan fingerprint density at radius 1 is 1.44 bits per heavy atom. The van der Waals surface area contributed by atoms with E-state index in [1.165, 1.54) is 6.26 Å². The summed E-state index contributed by atoms with van der Waals surface area (Å²) in [5.41, 5.74) is 6.11. The predicted octanol–water partition coefficient (Wildman–Crippen LogP) is -0.242. The molecule has 1 aliphatic rings. The van der Waals surface area contributed by atoms with Crippen LogP contribution in [0.4, 0.5) is 6.01 Å².